The summed E-state index contributed by atoms with van der Waals surface area (Å²) in [6.07, 6.45) is 3.33. The number of aryl methyl sites for hydroxylation is 1. The second-order valence-electron chi connectivity index (χ2n) is 5.04. The Hall–Kier alpha value is -1.68. The third-order valence-electron chi connectivity index (χ3n) is 3.89. The zero-order chi connectivity index (χ0) is 12.6. The van der Waals surface area contributed by atoms with E-state index in [-0.39, 0.29) is 5.91 Å². The van der Waals surface area contributed by atoms with Gasteiger partial charge in [-0.15, -0.1) is 0 Å². The predicted octanol–water partition coefficient (Wildman–Crippen LogP) is 1.49. The molecule has 1 N–H and O–H groups in total. The number of piperidine rings is 1. The molecule has 0 radical (unpaired) electrons. The first-order valence-corrected chi connectivity index (χ1v) is 6.38. The van der Waals surface area contributed by atoms with Gasteiger partial charge in [-0.2, -0.15) is 0 Å². The molecular weight excluding hydrogens is 226 g/mol. The lowest BCUT2D eigenvalue weighted by Gasteiger charge is -2.39. The largest absolute Gasteiger partial charge is 0.317 e. The van der Waals surface area contributed by atoms with Gasteiger partial charge in [-0.25, -0.2) is 4.99 Å². The van der Waals surface area contributed by atoms with Crippen molar-refractivity contribution in [3.05, 3.63) is 29.8 Å². The standard InChI is InChI=1S/C14H17N3O/c1-11-2-4-12(5-3-11)17-10-16-13(18)14(17)6-8-15-9-7-14/h2-5,10,15H,6-9H2,1H3. The number of nitrogens with one attached hydrogen (secondary N) is 1. The molecule has 18 heavy (non-hydrogen) atoms. The van der Waals surface area contributed by atoms with Gasteiger partial charge in [0.05, 0.1) is 6.34 Å². The number of nitrogens with zero attached hydrogens (tertiary/aromatic N) is 2. The summed E-state index contributed by atoms with van der Waals surface area (Å²) in [4.78, 5) is 18.2. The summed E-state index contributed by atoms with van der Waals surface area (Å²) < 4.78 is 0. The van der Waals surface area contributed by atoms with Gasteiger partial charge in [0.2, 0.25) is 0 Å². The fourth-order valence-electron chi connectivity index (χ4n) is 2.76. The number of amides is 1. The summed E-state index contributed by atoms with van der Waals surface area (Å²) in [5.41, 5.74) is 1.83. The Morgan fingerprint density at radius 2 is 1.89 bits per heavy atom. The third kappa shape index (κ3) is 1.64. The second-order valence-corrected chi connectivity index (χ2v) is 5.04. The summed E-state index contributed by atoms with van der Waals surface area (Å²) in [7, 11) is 0. The van der Waals surface area contributed by atoms with Crippen molar-refractivity contribution in [2.45, 2.75) is 25.3 Å². The van der Waals surface area contributed by atoms with Gasteiger partial charge < -0.3 is 10.2 Å². The molecule has 0 saturated carbocycles. The molecule has 4 heteroatoms. The molecule has 0 unspecified atom stereocenters. The van der Waals surface area contributed by atoms with Gasteiger partial charge in [0.25, 0.3) is 5.91 Å². The lowest BCUT2D eigenvalue weighted by molar-refractivity contribution is -0.122. The van der Waals surface area contributed by atoms with E-state index in [1.165, 1.54) is 5.56 Å². The number of carbonyl (C=O) groups excluding carboxylic acids is 1. The molecule has 2 heterocycles. The monoisotopic (exact) mass is 243 g/mol. The number of anilines is 1. The highest BCUT2D eigenvalue weighted by molar-refractivity contribution is 6.08. The molecule has 4 nitrogen and oxygen atoms in total. The Labute approximate surface area is 107 Å². The molecule has 0 bridgehead atoms. The van der Waals surface area contributed by atoms with Gasteiger partial charge in [0.1, 0.15) is 5.54 Å². The highest BCUT2D eigenvalue weighted by Crippen LogP contribution is 2.34. The third-order valence-corrected chi connectivity index (χ3v) is 3.89. The van der Waals surface area contributed by atoms with E-state index in [0.717, 1.165) is 31.6 Å². The Bertz CT molecular complexity index is 486. The average Bonchev–Trinajstić information content (AvgIpc) is 2.70. The molecule has 2 aliphatic heterocycles. The maximum atomic E-state index is 12.1. The van der Waals surface area contributed by atoms with E-state index in [1.54, 1.807) is 6.34 Å². The molecule has 3 rings (SSSR count). The number of hydrogen-bond acceptors (Lipinski definition) is 3. The lowest BCUT2D eigenvalue weighted by atomic mass is 9.86. The van der Waals surface area contributed by atoms with Crippen molar-refractivity contribution in [1.82, 2.24) is 5.32 Å². The van der Waals surface area contributed by atoms with Crippen LogP contribution < -0.4 is 10.2 Å². The maximum Gasteiger partial charge on any atom is 0.273 e. The topological polar surface area (TPSA) is 44.7 Å². The quantitative estimate of drug-likeness (QED) is 0.813. The van der Waals surface area contributed by atoms with Crippen molar-refractivity contribution in [3.63, 3.8) is 0 Å². The van der Waals surface area contributed by atoms with E-state index in [1.807, 2.05) is 0 Å². The SMILES string of the molecule is Cc1ccc(N2C=NC(=O)C23CCNCC3)cc1. The van der Waals surface area contributed by atoms with E-state index >= 15 is 0 Å². The summed E-state index contributed by atoms with van der Waals surface area (Å²) in [5.74, 6) is 0.00424. The van der Waals surface area contributed by atoms with Crippen LogP contribution in [0.4, 0.5) is 5.69 Å². The van der Waals surface area contributed by atoms with Crippen molar-refractivity contribution in [2.75, 3.05) is 18.0 Å². The fourth-order valence-corrected chi connectivity index (χ4v) is 2.76. The maximum absolute atomic E-state index is 12.1. The first-order chi connectivity index (χ1) is 8.72. The van der Waals surface area contributed by atoms with Crippen LogP contribution in [0, 0.1) is 6.92 Å². The van der Waals surface area contributed by atoms with Crippen molar-refractivity contribution in [2.24, 2.45) is 4.99 Å². The van der Waals surface area contributed by atoms with Crippen LogP contribution in [0.5, 0.6) is 0 Å². The summed E-state index contributed by atoms with van der Waals surface area (Å²) in [5, 5.41) is 3.30. The molecule has 0 aliphatic carbocycles. The Kier molecular flexibility index (Phi) is 2.67. The molecule has 1 spiro atoms. The fraction of sp³-hybridized carbons (Fsp3) is 0.429. The van der Waals surface area contributed by atoms with Gasteiger partial charge >= 0.3 is 0 Å². The van der Waals surface area contributed by atoms with Crippen molar-refractivity contribution < 1.29 is 4.79 Å². The van der Waals surface area contributed by atoms with Gasteiger partial charge in [0, 0.05) is 5.69 Å². The summed E-state index contributed by atoms with van der Waals surface area (Å²) in [6.45, 7) is 3.81. The van der Waals surface area contributed by atoms with Crippen LogP contribution in [0.2, 0.25) is 0 Å². The Morgan fingerprint density at radius 1 is 1.22 bits per heavy atom. The van der Waals surface area contributed by atoms with Crippen molar-refractivity contribution in [1.29, 1.82) is 0 Å². The van der Waals surface area contributed by atoms with Gasteiger partial charge in [-0.1, -0.05) is 17.7 Å². The average molecular weight is 243 g/mol. The first kappa shape index (κ1) is 11.4. The molecule has 1 saturated heterocycles. The molecule has 1 aromatic carbocycles. The van der Waals surface area contributed by atoms with Crippen LogP contribution in [-0.4, -0.2) is 30.9 Å². The van der Waals surface area contributed by atoms with Crippen LogP contribution in [0.25, 0.3) is 0 Å². The number of benzene rings is 1. The normalized spacial score (nSPS) is 21.8. The molecule has 1 fully saturated rings. The zero-order valence-electron chi connectivity index (χ0n) is 10.5. The minimum atomic E-state index is -0.444. The highest BCUT2D eigenvalue weighted by atomic mass is 16.2. The van der Waals surface area contributed by atoms with E-state index in [4.69, 9.17) is 0 Å². The van der Waals surface area contributed by atoms with Gasteiger partial charge in [0.15, 0.2) is 0 Å². The Morgan fingerprint density at radius 3 is 2.56 bits per heavy atom. The number of aliphatic imine (C=N–C) groups is 1. The molecule has 1 amide bonds. The van der Waals surface area contributed by atoms with E-state index < -0.39 is 5.54 Å². The zero-order valence-corrected chi connectivity index (χ0v) is 10.5. The number of hydrogen-bond donors (Lipinski definition) is 1. The van der Waals surface area contributed by atoms with E-state index in [0.29, 0.717) is 0 Å². The van der Waals surface area contributed by atoms with Crippen LogP contribution in [-0.2, 0) is 4.79 Å². The predicted molar refractivity (Wildman–Crippen MR) is 72.0 cm³/mol. The van der Waals surface area contributed by atoms with Crippen molar-refractivity contribution in [3.8, 4) is 0 Å². The van der Waals surface area contributed by atoms with E-state index in [9.17, 15) is 4.79 Å². The summed E-state index contributed by atoms with van der Waals surface area (Å²) >= 11 is 0. The second kappa shape index (κ2) is 4.21. The van der Waals surface area contributed by atoms with Crippen molar-refractivity contribution >= 4 is 17.9 Å². The van der Waals surface area contributed by atoms with Crippen LogP contribution in [0.3, 0.4) is 0 Å². The van der Waals surface area contributed by atoms with Gasteiger partial charge in [-0.05, 0) is 45.0 Å². The number of carbonyl (C=O) groups is 1. The van der Waals surface area contributed by atoms with E-state index in [2.05, 4.69) is 46.4 Å². The van der Waals surface area contributed by atoms with Crippen LogP contribution >= 0.6 is 0 Å². The molecule has 2 aliphatic rings. The minimum absolute atomic E-state index is 0.00424. The summed E-state index contributed by atoms with van der Waals surface area (Å²) in [6, 6.07) is 8.26. The molecule has 1 aromatic rings. The lowest BCUT2D eigenvalue weighted by Crippen LogP contribution is -2.55. The highest BCUT2D eigenvalue weighted by Gasteiger charge is 2.47. The molecule has 0 atom stereocenters. The Balaban J connectivity index is 1.97. The first-order valence-electron chi connectivity index (χ1n) is 6.38. The van der Waals surface area contributed by atoms with Crippen LogP contribution in [0.15, 0.2) is 29.3 Å². The van der Waals surface area contributed by atoms with Crippen LogP contribution in [0.1, 0.15) is 18.4 Å². The van der Waals surface area contributed by atoms with Gasteiger partial charge in [-0.3, -0.25) is 4.79 Å². The molecular formula is C14H17N3O. The minimum Gasteiger partial charge on any atom is -0.317 e. The number of rotatable bonds is 1. The molecule has 0 aromatic heterocycles. The smallest absolute Gasteiger partial charge is 0.273 e. The molecule has 94 valence electrons.